The number of nitriles is 1. The van der Waals surface area contributed by atoms with E-state index in [4.69, 9.17) is 16.3 Å². The number of ether oxygens (including phenoxy) is 1. The van der Waals surface area contributed by atoms with Gasteiger partial charge in [0.25, 0.3) is 17.7 Å². The van der Waals surface area contributed by atoms with Crippen LogP contribution in [0.4, 0.5) is 11.4 Å². The average molecular weight is 830 g/mol. The Hall–Kier alpha value is -5.45. The van der Waals surface area contributed by atoms with Crippen LogP contribution >= 0.6 is 11.6 Å². The minimum atomic E-state index is -0.973. The summed E-state index contributed by atoms with van der Waals surface area (Å²) in [6.07, 6.45) is 8.13. The molecule has 10 rings (SSSR count). The lowest BCUT2D eigenvalue weighted by Crippen LogP contribution is -2.59. The molecule has 0 aromatic heterocycles. The number of piperidine rings is 3. The zero-order valence-corrected chi connectivity index (χ0v) is 34.2. The fourth-order valence-electron chi connectivity index (χ4n) is 11.3. The summed E-state index contributed by atoms with van der Waals surface area (Å²) in [6.45, 7) is 5.48. The van der Waals surface area contributed by atoms with Crippen LogP contribution in [0.3, 0.4) is 0 Å². The highest BCUT2D eigenvalue weighted by Crippen LogP contribution is 2.52. The third-order valence-electron chi connectivity index (χ3n) is 14.5. The predicted molar refractivity (Wildman–Crippen MR) is 223 cm³/mol. The van der Waals surface area contributed by atoms with E-state index < -0.39 is 23.8 Å². The van der Waals surface area contributed by atoms with Gasteiger partial charge in [-0.15, -0.1) is 0 Å². The summed E-state index contributed by atoms with van der Waals surface area (Å²) in [5.74, 6) is -1.15. The summed E-state index contributed by atoms with van der Waals surface area (Å²) in [6, 6.07) is 20.7. The molecule has 310 valence electrons. The second-order valence-corrected chi connectivity index (χ2v) is 18.2. The second-order valence-electron chi connectivity index (χ2n) is 17.8. The van der Waals surface area contributed by atoms with Crippen molar-refractivity contribution < 1.29 is 28.7 Å². The molecular formula is C46H48ClN7O6. The van der Waals surface area contributed by atoms with Crippen LogP contribution in [-0.2, 0) is 9.59 Å². The maximum absolute atomic E-state index is 13.8. The number of halogens is 1. The minimum absolute atomic E-state index is 0.000895. The van der Waals surface area contributed by atoms with Crippen LogP contribution in [0.25, 0.3) is 0 Å². The molecule has 1 aliphatic carbocycles. The number of amides is 5. The first-order valence-corrected chi connectivity index (χ1v) is 21.8. The van der Waals surface area contributed by atoms with Gasteiger partial charge in [-0.25, -0.2) is 0 Å². The second kappa shape index (κ2) is 15.2. The first kappa shape index (κ1) is 38.7. The number of anilines is 2. The molecule has 4 atom stereocenters. The monoisotopic (exact) mass is 829 g/mol. The Bertz CT molecular complexity index is 2290. The molecule has 1 saturated carbocycles. The summed E-state index contributed by atoms with van der Waals surface area (Å²) in [5, 5.41) is 11.9. The van der Waals surface area contributed by atoms with Crippen LogP contribution in [0.5, 0.6) is 5.75 Å². The number of nitrogens with one attached hydrogen (secondary N) is 1. The lowest BCUT2D eigenvalue weighted by Gasteiger charge is -2.56. The van der Waals surface area contributed by atoms with Crippen molar-refractivity contribution >= 4 is 52.5 Å². The van der Waals surface area contributed by atoms with Crippen LogP contribution in [-0.4, -0.2) is 114 Å². The Morgan fingerprint density at radius 3 is 2.20 bits per heavy atom. The van der Waals surface area contributed by atoms with Gasteiger partial charge in [0.05, 0.1) is 27.4 Å². The molecule has 13 nitrogen and oxygen atoms in total. The van der Waals surface area contributed by atoms with E-state index in [9.17, 15) is 29.2 Å². The number of hydrogen-bond acceptors (Lipinski definition) is 10. The molecule has 7 aliphatic rings. The number of piperazine rings is 1. The maximum atomic E-state index is 13.8. The lowest BCUT2D eigenvalue weighted by atomic mass is 9.60. The molecule has 2 bridgehead atoms. The lowest BCUT2D eigenvalue weighted by molar-refractivity contribution is -0.136. The van der Waals surface area contributed by atoms with Crippen molar-refractivity contribution in [3.05, 3.63) is 87.9 Å². The molecule has 5 amide bonds. The molecule has 1 unspecified atom stereocenters. The van der Waals surface area contributed by atoms with Gasteiger partial charge in [-0.3, -0.25) is 39.1 Å². The molecule has 6 heterocycles. The largest absolute Gasteiger partial charge is 0.490 e. The normalized spacial score (nSPS) is 26.5. The van der Waals surface area contributed by atoms with E-state index in [2.05, 4.69) is 43.1 Å². The Kier molecular flexibility index (Phi) is 9.83. The van der Waals surface area contributed by atoms with Crippen LogP contribution in [0.2, 0.25) is 5.02 Å². The first-order valence-electron chi connectivity index (χ1n) is 21.5. The number of carbonyl (C=O) groups excluding carboxylic acids is 5. The molecule has 6 aliphatic heterocycles. The van der Waals surface area contributed by atoms with E-state index in [1.807, 2.05) is 24.3 Å². The van der Waals surface area contributed by atoms with Gasteiger partial charge in [0.1, 0.15) is 24.0 Å². The first-order chi connectivity index (χ1) is 29.1. The number of imide groups is 2. The van der Waals surface area contributed by atoms with Gasteiger partial charge >= 0.3 is 0 Å². The summed E-state index contributed by atoms with van der Waals surface area (Å²) in [5.41, 5.74) is 4.04. The maximum Gasteiger partial charge on any atom is 0.264 e. The number of benzene rings is 3. The standard InChI is InChI=1S/C46H48ClN7O6/c47-37-24-34(11-6-29(37)27-48)60-35-22-31-9-10-32(23-35)53(31)43(57)28-4-7-30(8-5-28)50-18-20-51(21-19-50)33-25-46(26-33)14-16-52(17-15-46)38-3-1-2-36-41(38)45(59)54(44(36)58)39-12-13-40(55)49-42(39)56/h1-8,11,24,31-33,35,39H,9-10,12-23,25-26H2,(H,49,55,56)/t31-,32+,35+,39?. The SMILES string of the molecule is N#Cc1ccc(O[C@H]2C[C@H]3CC[C@@H](C2)N3C(=O)c2ccc(N3CCN(C4CC5(CCN(c6cccc7c6C(=O)N(C6CCC(=O)NC6=O)C7=O)CC5)C4)CC3)cc2)cc1Cl. The van der Waals surface area contributed by atoms with Gasteiger partial charge in [-0.2, -0.15) is 5.26 Å². The molecule has 60 heavy (non-hydrogen) atoms. The van der Waals surface area contributed by atoms with E-state index in [1.165, 1.54) is 12.8 Å². The van der Waals surface area contributed by atoms with Crippen molar-refractivity contribution in [2.75, 3.05) is 49.1 Å². The molecule has 3 aromatic rings. The molecule has 5 saturated heterocycles. The third kappa shape index (κ3) is 6.78. The zero-order valence-electron chi connectivity index (χ0n) is 33.5. The Morgan fingerprint density at radius 1 is 0.817 bits per heavy atom. The van der Waals surface area contributed by atoms with Crippen molar-refractivity contribution in [2.24, 2.45) is 5.41 Å². The quantitative estimate of drug-likeness (QED) is 0.308. The fourth-order valence-corrected chi connectivity index (χ4v) is 11.5. The highest BCUT2D eigenvalue weighted by Gasteiger charge is 2.50. The van der Waals surface area contributed by atoms with Crippen LogP contribution in [0, 0.1) is 16.7 Å². The summed E-state index contributed by atoms with van der Waals surface area (Å²) in [7, 11) is 0. The topological polar surface area (TPSA) is 147 Å². The van der Waals surface area contributed by atoms with Gasteiger partial charge in [0.2, 0.25) is 11.8 Å². The van der Waals surface area contributed by atoms with Crippen molar-refractivity contribution in [3.63, 3.8) is 0 Å². The van der Waals surface area contributed by atoms with Crippen molar-refractivity contribution in [2.45, 2.75) is 94.5 Å². The Morgan fingerprint density at radius 2 is 1.53 bits per heavy atom. The fraction of sp³-hybridized carbons (Fsp3) is 0.478. The number of nitrogens with zero attached hydrogens (tertiary/aromatic N) is 6. The van der Waals surface area contributed by atoms with Crippen LogP contribution < -0.4 is 19.9 Å². The molecule has 0 radical (unpaired) electrons. The van der Waals surface area contributed by atoms with Gasteiger partial charge in [0, 0.05) is 94.0 Å². The van der Waals surface area contributed by atoms with Crippen molar-refractivity contribution in [1.29, 1.82) is 5.26 Å². The number of rotatable bonds is 7. The van der Waals surface area contributed by atoms with Crippen LogP contribution in [0.15, 0.2) is 60.7 Å². The number of fused-ring (bicyclic) bond motifs is 3. The summed E-state index contributed by atoms with van der Waals surface area (Å²) < 4.78 is 6.28. The van der Waals surface area contributed by atoms with Gasteiger partial charge < -0.3 is 19.4 Å². The third-order valence-corrected chi connectivity index (χ3v) is 14.9. The smallest absolute Gasteiger partial charge is 0.264 e. The van der Waals surface area contributed by atoms with Crippen molar-refractivity contribution in [1.82, 2.24) is 20.0 Å². The average Bonchev–Trinajstić information content (AvgIpc) is 3.67. The van der Waals surface area contributed by atoms with E-state index in [-0.39, 0.29) is 48.3 Å². The molecule has 14 heteroatoms. The van der Waals surface area contributed by atoms with Crippen LogP contribution in [0.1, 0.15) is 101 Å². The highest BCUT2D eigenvalue weighted by molar-refractivity contribution is 6.31. The molecule has 1 N–H and O–H groups in total. The zero-order chi connectivity index (χ0) is 41.3. The van der Waals surface area contributed by atoms with Crippen molar-refractivity contribution in [3.8, 4) is 11.8 Å². The molecule has 6 fully saturated rings. The van der Waals surface area contributed by atoms with E-state index in [1.54, 1.807) is 24.3 Å². The number of hydrogen-bond donors (Lipinski definition) is 1. The van der Waals surface area contributed by atoms with Gasteiger partial charge in [0.15, 0.2) is 0 Å². The van der Waals surface area contributed by atoms with E-state index >= 15 is 0 Å². The Balaban J connectivity index is 0.694. The summed E-state index contributed by atoms with van der Waals surface area (Å²) >= 11 is 6.23. The van der Waals surface area contributed by atoms with Gasteiger partial charge in [-0.1, -0.05) is 17.7 Å². The van der Waals surface area contributed by atoms with E-state index in [0.29, 0.717) is 33.5 Å². The van der Waals surface area contributed by atoms with E-state index in [0.717, 1.165) is 99.6 Å². The Labute approximate surface area is 354 Å². The molecule has 1 spiro atoms. The molecular weight excluding hydrogens is 782 g/mol. The van der Waals surface area contributed by atoms with Gasteiger partial charge in [-0.05, 0) is 98.9 Å². The minimum Gasteiger partial charge on any atom is -0.490 e. The molecule has 3 aromatic carbocycles. The number of carbonyl (C=O) groups is 5. The highest BCUT2D eigenvalue weighted by atomic mass is 35.5. The predicted octanol–water partition coefficient (Wildman–Crippen LogP) is 5.40. The summed E-state index contributed by atoms with van der Waals surface area (Å²) in [4.78, 5) is 75.7.